The SMILES string of the molecule is O=C(O)c1ccc(NC(=S)Nc2nc(-c3ccc([N+](=O)[O-])cc3F)cs2)cc1O. The maximum absolute atomic E-state index is 14.1. The summed E-state index contributed by atoms with van der Waals surface area (Å²) in [7, 11) is 0. The minimum atomic E-state index is -1.26. The number of carbonyl (C=O) groups is 1. The van der Waals surface area contributed by atoms with E-state index in [1.807, 2.05) is 0 Å². The summed E-state index contributed by atoms with van der Waals surface area (Å²) < 4.78 is 14.1. The molecule has 3 rings (SSSR count). The number of nitro groups is 1. The summed E-state index contributed by atoms with van der Waals surface area (Å²) in [5.41, 5.74) is 0.124. The zero-order valence-electron chi connectivity index (χ0n) is 14.2. The zero-order valence-corrected chi connectivity index (χ0v) is 15.9. The van der Waals surface area contributed by atoms with Gasteiger partial charge in [0.05, 0.1) is 16.7 Å². The van der Waals surface area contributed by atoms with Crippen molar-refractivity contribution < 1.29 is 24.3 Å². The van der Waals surface area contributed by atoms with Gasteiger partial charge in [-0.1, -0.05) is 0 Å². The van der Waals surface area contributed by atoms with Gasteiger partial charge < -0.3 is 20.8 Å². The number of nitrogens with zero attached hydrogens (tertiary/aromatic N) is 2. The van der Waals surface area contributed by atoms with Crippen molar-refractivity contribution in [2.75, 3.05) is 10.6 Å². The van der Waals surface area contributed by atoms with Crippen LogP contribution in [-0.4, -0.2) is 31.2 Å². The van der Waals surface area contributed by atoms with Crippen molar-refractivity contribution in [1.29, 1.82) is 0 Å². The second-order valence-electron chi connectivity index (χ2n) is 5.58. The molecular formula is C17H11FN4O5S2. The number of aromatic nitrogens is 1. The molecular weight excluding hydrogens is 423 g/mol. The second-order valence-corrected chi connectivity index (χ2v) is 6.84. The van der Waals surface area contributed by atoms with E-state index in [9.17, 15) is 24.4 Å². The van der Waals surface area contributed by atoms with E-state index in [2.05, 4.69) is 15.6 Å². The highest BCUT2D eigenvalue weighted by Gasteiger charge is 2.15. The molecule has 0 aliphatic heterocycles. The van der Waals surface area contributed by atoms with Gasteiger partial charge in [-0.05, 0) is 30.4 Å². The molecule has 0 unspecified atom stereocenters. The number of thiocarbonyl (C=S) groups is 1. The first-order valence-electron chi connectivity index (χ1n) is 7.78. The van der Waals surface area contributed by atoms with Gasteiger partial charge in [-0.25, -0.2) is 14.2 Å². The molecule has 0 amide bonds. The molecule has 148 valence electrons. The average Bonchev–Trinajstić information content (AvgIpc) is 3.09. The van der Waals surface area contributed by atoms with E-state index in [-0.39, 0.29) is 27.6 Å². The third-order valence-corrected chi connectivity index (χ3v) is 4.61. The number of hydrogen-bond donors (Lipinski definition) is 4. The van der Waals surface area contributed by atoms with E-state index in [0.717, 1.165) is 17.4 Å². The fourth-order valence-corrected chi connectivity index (χ4v) is 3.32. The van der Waals surface area contributed by atoms with Crippen LogP contribution in [0.25, 0.3) is 11.3 Å². The third-order valence-electron chi connectivity index (χ3n) is 3.65. The number of non-ortho nitro benzene ring substituents is 1. The third kappa shape index (κ3) is 4.62. The van der Waals surface area contributed by atoms with E-state index < -0.39 is 22.5 Å². The normalized spacial score (nSPS) is 10.4. The van der Waals surface area contributed by atoms with Gasteiger partial charge in [0.15, 0.2) is 10.2 Å². The van der Waals surface area contributed by atoms with Gasteiger partial charge in [-0.2, -0.15) is 0 Å². The topological polar surface area (TPSA) is 138 Å². The highest BCUT2D eigenvalue weighted by atomic mass is 32.1. The molecule has 1 heterocycles. The molecule has 0 spiro atoms. The van der Waals surface area contributed by atoms with Gasteiger partial charge >= 0.3 is 5.97 Å². The van der Waals surface area contributed by atoms with Crippen molar-refractivity contribution in [1.82, 2.24) is 4.98 Å². The molecule has 0 fully saturated rings. The molecule has 2 aromatic carbocycles. The van der Waals surface area contributed by atoms with Crippen LogP contribution in [0.3, 0.4) is 0 Å². The summed E-state index contributed by atoms with van der Waals surface area (Å²) >= 11 is 6.28. The predicted octanol–water partition coefficient (Wildman–Crippen LogP) is 4.07. The number of nitro benzene ring substituents is 1. The number of nitrogens with one attached hydrogen (secondary N) is 2. The molecule has 0 radical (unpaired) electrons. The van der Waals surface area contributed by atoms with E-state index >= 15 is 0 Å². The number of benzene rings is 2. The Balaban J connectivity index is 1.70. The fraction of sp³-hybridized carbons (Fsp3) is 0. The summed E-state index contributed by atoms with van der Waals surface area (Å²) in [6.45, 7) is 0. The quantitative estimate of drug-likeness (QED) is 0.266. The standard InChI is InChI=1S/C17H11FN4O5S2/c18-12-6-9(22(26)27)2-4-10(12)13-7-29-17(20-13)21-16(28)19-8-1-3-11(15(24)25)14(23)5-8/h1-7,23H,(H,24,25)(H2,19,20,21,28). The average molecular weight is 434 g/mol. The van der Waals surface area contributed by atoms with Gasteiger partial charge in [0.25, 0.3) is 5.69 Å². The second kappa shape index (κ2) is 8.16. The van der Waals surface area contributed by atoms with Gasteiger partial charge in [0, 0.05) is 28.8 Å². The smallest absolute Gasteiger partial charge is 0.339 e. The number of halogens is 1. The molecule has 0 saturated carbocycles. The number of phenols is 1. The monoisotopic (exact) mass is 434 g/mol. The molecule has 0 atom stereocenters. The zero-order chi connectivity index (χ0) is 21.1. The summed E-state index contributed by atoms with van der Waals surface area (Å²) in [5.74, 6) is -2.45. The summed E-state index contributed by atoms with van der Waals surface area (Å²) in [6, 6.07) is 7.14. The van der Waals surface area contributed by atoms with E-state index in [0.29, 0.717) is 10.8 Å². The number of anilines is 2. The first kappa shape index (κ1) is 20.1. The highest BCUT2D eigenvalue weighted by molar-refractivity contribution is 7.80. The fourth-order valence-electron chi connectivity index (χ4n) is 2.33. The molecule has 0 bridgehead atoms. The maximum atomic E-state index is 14.1. The van der Waals surface area contributed by atoms with Crippen LogP contribution in [0.15, 0.2) is 41.8 Å². The Hall–Kier alpha value is -3.64. The predicted molar refractivity (Wildman–Crippen MR) is 109 cm³/mol. The highest BCUT2D eigenvalue weighted by Crippen LogP contribution is 2.29. The van der Waals surface area contributed by atoms with Crippen LogP contribution in [0.1, 0.15) is 10.4 Å². The van der Waals surface area contributed by atoms with Gasteiger partial charge in [-0.15, -0.1) is 11.3 Å². The number of hydrogen-bond acceptors (Lipinski definition) is 7. The minimum Gasteiger partial charge on any atom is -0.507 e. The molecule has 9 nitrogen and oxygen atoms in total. The van der Waals surface area contributed by atoms with E-state index in [4.69, 9.17) is 17.3 Å². The Morgan fingerprint density at radius 1 is 1.24 bits per heavy atom. The maximum Gasteiger partial charge on any atom is 0.339 e. The molecule has 12 heteroatoms. The Labute approximate surface area is 171 Å². The lowest BCUT2D eigenvalue weighted by Gasteiger charge is -2.09. The lowest BCUT2D eigenvalue weighted by Crippen LogP contribution is -2.19. The van der Waals surface area contributed by atoms with Crippen molar-refractivity contribution in [3.63, 3.8) is 0 Å². The van der Waals surface area contributed by atoms with Crippen LogP contribution in [0.4, 0.5) is 20.9 Å². The minimum absolute atomic E-state index is 0.105. The summed E-state index contributed by atoms with van der Waals surface area (Å²) in [5, 5.41) is 36.9. The number of rotatable bonds is 5. The number of thiazole rings is 1. The number of carboxylic acids is 1. The number of carboxylic acid groups (broad SMARTS) is 1. The lowest BCUT2D eigenvalue weighted by molar-refractivity contribution is -0.385. The summed E-state index contributed by atoms with van der Waals surface area (Å²) in [6.07, 6.45) is 0. The van der Waals surface area contributed by atoms with Crippen molar-refractivity contribution in [2.45, 2.75) is 0 Å². The van der Waals surface area contributed by atoms with Crippen LogP contribution in [-0.2, 0) is 0 Å². The van der Waals surface area contributed by atoms with Crippen LogP contribution >= 0.6 is 23.6 Å². The van der Waals surface area contributed by atoms with E-state index in [1.54, 1.807) is 5.38 Å². The molecule has 4 N–H and O–H groups in total. The summed E-state index contributed by atoms with van der Waals surface area (Å²) in [4.78, 5) is 25.1. The molecule has 29 heavy (non-hydrogen) atoms. The van der Waals surface area contributed by atoms with E-state index in [1.165, 1.54) is 30.3 Å². The van der Waals surface area contributed by atoms with Crippen LogP contribution in [0.2, 0.25) is 0 Å². The van der Waals surface area contributed by atoms with Crippen molar-refractivity contribution >= 4 is 51.1 Å². The first-order valence-corrected chi connectivity index (χ1v) is 9.07. The largest absolute Gasteiger partial charge is 0.507 e. The van der Waals surface area contributed by atoms with Crippen LogP contribution < -0.4 is 10.6 Å². The molecule has 1 aromatic heterocycles. The van der Waals surface area contributed by atoms with Crippen molar-refractivity contribution in [3.05, 3.63) is 63.3 Å². The van der Waals surface area contributed by atoms with Crippen molar-refractivity contribution in [3.8, 4) is 17.0 Å². The van der Waals surface area contributed by atoms with Gasteiger partial charge in [-0.3, -0.25) is 10.1 Å². The van der Waals surface area contributed by atoms with Crippen molar-refractivity contribution in [2.24, 2.45) is 0 Å². The number of aromatic hydroxyl groups is 1. The van der Waals surface area contributed by atoms with Gasteiger partial charge in [0.2, 0.25) is 0 Å². The molecule has 0 saturated heterocycles. The lowest BCUT2D eigenvalue weighted by atomic mass is 10.1. The first-order chi connectivity index (χ1) is 13.7. The van der Waals surface area contributed by atoms with Crippen LogP contribution in [0, 0.1) is 15.9 Å². The molecule has 3 aromatic rings. The Bertz CT molecular complexity index is 1130. The van der Waals surface area contributed by atoms with Crippen LogP contribution in [0.5, 0.6) is 5.75 Å². The molecule has 0 aliphatic carbocycles. The Morgan fingerprint density at radius 3 is 2.62 bits per heavy atom. The number of aromatic carboxylic acids is 1. The Kier molecular flexibility index (Phi) is 5.66. The molecule has 0 aliphatic rings. The Morgan fingerprint density at radius 2 is 2.00 bits per heavy atom. The van der Waals surface area contributed by atoms with Gasteiger partial charge in [0.1, 0.15) is 17.1 Å².